The summed E-state index contributed by atoms with van der Waals surface area (Å²) in [6.07, 6.45) is 0.720. The van der Waals surface area contributed by atoms with E-state index in [0.29, 0.717) is 24.6 Å². The summed E-state index contributed by atoms with van der Waals surface area (Å²) < 4.78 is 0.949. The van der Waals surface area contributed by atoms with Gasteiger partial charge in [0.25, 0.3) is 5.91 Å². The molecule has 0 heterocycles. The van der Waals surface area contributed by atoms with Gasteiger partial charge in [-0.3, -0.25) is 9.79 Å². The Kier molecular flexibility index (Phi) is 9.64. The van der Waals surface area contributed by atoms with Gasteiger partial charge in [-0.05, 0) is 67.8 Å². The fourth-order valence-electron chi connectivity index (χ4n) is 2.42. The SMILES string of the molecule is Cc1cc(C)cc(NC(N)=NCCCNC(=O)c2ccc(Br)cc2)c1.I. The molecule has 0 atom stereocenters. The van der Waals surface area contributed by atoms with E-state index in [-0.39, 0.29) is 29.9 Å². The molecule has 0 unspecified atom stereocenters. The van der Waals surface area contributed by atoms with Gasteiger partial charge in [-0.15, -0.1) is 24.0 Å². The lowest BCUT2D eigenvalue weighted by Gasteiger charge is -2.08. The van der Waals surface area contributed by atoms with Crippen LogP contribution in [0.2, 0.25) is 0 Å². The molecule has 0 fully saturated rings. The molecule has 0 aliphatic rings. The summed E-state index contributed by atoms with van der Waals surface area (Å²) in [5.41, 5.74) is 9.82. The Morgan fingerprint density at radius 2 is 1.73 bits per heavy atom. The number of aryl methyl sites for hydroxylation is 2. The summed E-state index contributed by atoms with van der Waals surface area (Å²) in [6.45, 7) is 5.18. The van der Waals surface area contributed by atoms with Gasteiger partial charge in [-0.25, -0.2) is 0 Å². The van der Waals surface area contributed by atoms with Gasteiger partial charge in [0.05, 0.1) is 0 Å². The maximum absolute atomic E-state index is 12.0. The van der Waals surface area contributed by atoms with Crippen molar-refractivity contribution in [1.29, 1.82) is 0 Å². The van der Waals surface area contributed by atoms with Crippen LogP contribution in [0.4, 0.5) is 5.69 Å². The third kappa shape index (κ3) is 7.74. The first kappa shape index (κ1) is 22.4. The van der Waals surface area contributed by atoms with Gasteiger partial charge in [-0.2, -0.15) is 0 Å². The van der Waals surface area contributed by atoms with Crippen LogP contribution in [0.25, 0.3) is 0 Å². The number of carbonyl (C=O) groups is 1. The number of nitrogens with one attached hydrogen (secondary N) is 2. The number of hydrogen-bond acceptors (Lipinski definition) is 2. The van der Waals surface area contributed by atoms with Crippen molar-refractivity contribution in [3.8, 4) is 0 Å². The topological polar surface area (TPSA) is 79.5 Å². The maximum Gasteiger partial charge on any atom is 0.251 e. The monoisotopic (exact) mass is 530 g/mol. The predicted molar refractivity (Wildman–Crippen MR) is 123 cm³/mol. The molecule has 1 amide bonds. The molecule has 2 aromatic rings. The zero-order valence-electron chi connectivity index (χ0n) is 14.9. The number of benzene rings is 2. The summed E-state index contributed by atoms with van der Waals surface area (Å²) in [5, 5.41) is 5.96. The first-order chi connectivity index (χ1) is 11.9. The summed E-state index contributed by atoms with van der Waals surface area (Å²) in [5.74, 6) is 0.294. The molecule has 0 saturated carbocycles. The smallest absolute Gasteiger partial charge is 0.251 e. The number of nitrogens with zero attached hydrogens (tertiary/aromatic N) is 1. The molecule has 2 aromatic carbocycles. The quantitative estimate of drug-likeness (QED) is 0.226. The number of carbonyl (C=O) groups excluding carboxylic acids is 1. The highest BCUT2D eigenvalue weighted by Gasteiger charge is 2.03. The van der Waals surface area contributed by atoms with E-state index in [1.807, 2.05) is 38.1 Å². The van der Waals surface area contributed by atoms with Crippen molar-refractivity contribution in [2.24, 2.45) is 10.7 Å². The van der Waals surface area contributed by atoms with E-state index in [0.717, 1.165) is 16.6 Å². The summed E-state index contributed by atoms with van der Waals surface area (Å²) in [7, 11) is 0. The first-order valence-corrected chi connectivity index (χ1v) is 8.92. The van der Waals surface area contributed by atoms with Crippen LogP contribution in [-0.2, 0) is 0 Å². The number of anilines is 1. The number of aliphatic imine (C=N–C) groups is 1. The fraction of sp³-hybridized carbons (Fsp3) is 0.263. The van der Waals surface area contributed by atoms with Gasteiger partial charge in [0.2, 0.25) is 0 Å². The molecule has 26 heavy (non-hydrogen) atoms. The molecule has 0 bridgehead atoms. The van der Waals surface area contributed by atoms with E-state index in [4.69, 9.17) is 5.73 Å². The molecule has 2 rings (SSSR count). The average molecular weight is 531 g/mol. The first-order valence-electron chi connectivity index (χ1n) is 8.13. The Morgan fingerprint density at radius 1 is 1.12 bits per heavy atom. The molecule has 5 nitrogen and oxygen atoms in total. The normalized spacial score (nSPS) is 10.8. The van der Waals surface area contributed by atoms with Crippen molar-refractivity contribution in [2.45, 2.75) is 20.3 Å². The second-order valence-corrected chi connectivity index (χ2v) is 6.80. The Balaban J connectivity index is 0.00000338. The molecule has 0 aliphatic carbocycles. The van der Waals surface area contributed by atoms with Crippen LogP contribution in [0.3, 0.4) is 0 Å². The lowest BCUT2D eigenvalue weighted by molar-refractivity contribution is 0.0953. The van der Waals surface area contributed by atoms with Crippen LogP contribution in [0.15, 0.2) is 51.9 Å². The third-order valence-electron chi connectivity index (χ3n) is 3.50. The van der Waals surface area contributed by atoms with Crippen LogP contribution in [0.5, 0.6) is 0 Å². The van der Waals surface area contributed by atoms with Gasteiger partial charge in [-0.1, -0.05) is 22.0 Å². The van der Waals surface area contributed by atoms with Gasteiger partial charge in [0.1, 0.15) is 0 Å². The van der Waals surface area contributed by atoms with Crippen LogP contribution in [0, 0.1) is 13.8 Å². The van der Waals surface area contributed by atoms with E-state index in [2.05, 4.69) is 37.6 Å². The van der Waals surface area contributed by atoms with E-state index in [1.165, 1.54) is 11.1 Å². The lowest BCUT2D eigenvalue weighted by Crippen LogP contribution is -2.26. The number of rotatable bonds is 6. The zero-order chi connectivity index (χ0) is 18.2. The minimum atomic E-state index is -0.0854. The zero-order valence-corrected chi connectivity index (χ0v) is 18.8. The van der Waals surface area contributed by atoms with E-state index in [1.54, 1.807) is 12.1 Å². The molecule has 140 valence electrons. The molecule has 7 heteroatoms. The van der Waals surface area contributed by atoms with Crippen molar-refractivity contribution < 1.29 is 4.79 Å². The molecule has 0 spiro atoms. The molecule has 0 aromatic heterocycles. The number of amides is 1. The molecular weight excluding hydrogens is 507 g/mol. The van der Waals surface area contributed by atoms with Crippen molar-refractivity contribution in [1.82, 2.24) is 5.32 Å². The average Bonchev–Trinajstić information content (AvgIpc) is 2.54. The molecule has 0 radical (unpaired) electrons. The summed E-state index contributed by atoms with van der Waals surface area (Å²) >= 11 is 3.35. The van der Waals surface area contributed by atoms with Crippen LogP contribution < -0.4 is 16.4 Å². The highest BCUT2D eigenvalue weighted by molar-refractivity contribution is 14.0. The number of hydrogen-bond donors (Lipinski definition) is 3. The van der Waals surface area contributed by atoms with Gasteiger partial charge >= 0.3 is 0 Å². The Hall–Kier alpha value is -1.61. The van der Waals surface area contributed by atoms with Gasteiger partial charge in [0, 0.05) is 28.8 Å². The number of nitrogens with two attached hydrogens (primary N) is 1. The molecule has 4 N–H and O–H groups in total. The predicted octanol–water partition coefficient (Wildman–Crippen LogP) is 4.23. The minimum absolute atomic E-state index is 0. The highest BCUT2D eigenvalue weighted by atomic mass is 127. The summed E-state index contributed by atoms with van der Waals surface area (Å²) in [6, 6.07) is 13.4. The van der Waals surface area contributed by atoms with Crippen molar-refractivity contribution in [3.63, 3.8) is 0 Å². The van der Waals surface area contributed by atoms with Crippen LogP contribution in [0.1, 0.15) is 27.9 Å². The Morgan fingerprint density at radius 3 is 2.35 bits per heavy atom. The largest absolute Gasteiger partial charge is 0.370 e. The second-order valence-electron chi connectivity index (χ2n) is 5.88. The Bertz CT molecular complexity index is 742. The fourth-order valence-corrected chi connectivity index (χ4v) is 2.68. The third-order valence-corrected chi connectivity index (χ3v) is 4.03. The Labute approximate surface area is 180 Å². The standard InChI is InChI=1S/C19H23BrN4O.HI/c1-13-10-14(2)12-17(11-13)24-19(21)23-9-3-8-22-18(25)15-4-6-16(20)7-5-15;/h4-7,10-12H,3,8-9H2,1-2H3,(H,22,25)(H3,21,23,24);1H. The van der Waals surface area contributed by atoms with E-state index >= 15 is 0 Å². The lowest BCUT2D eigenvalue weighted by atomic mass is 10.1. The minimum Gasteiger partial charge on any atom is -0.370 e. The van der Waals surface area contributed by atoms with Crippen LogP contribution in [-0.4, -0.2) is 25.0 Å². The van der Waals surface area contributed by atoms with Crippen molar-refractivity contribution in [3.05, 3.63) is 63.6 Å². The van der Waals surface area contributed by atoms with E-state index < -0.39 is 0 Å². The van der Waals surface area contributed by atoms with E-state index in [9.17, 15) is 4.79 Å². The molecule has 0 saturated heterocycles. The second kappa shape index (κ2) is 11.2. The molecule has 0 aliphatic heterocycles. The van der Waals surface area contributed by atoms with Crippen LogP contribution >= 0.6 is 39.9 Å². The van der Waals surface area contributed by atoms with Crippen molar-refractivity contribution in [2.75, 3.05) is 18.4 Å². The molecular formula is C19H24BrIN4O. The highest BCUT2D eigenvalue weighted by Crippen LogP contribution is 2.13. The van der Waals surface area contributed by atoms with Crippen molar-refractivity contribution >= 4 is 57.5 Å². The number of halogens is 2. The van der Waals surface area contributed by atoms with Gasteiger partial charge < -0.3 is 16.4 Å². The van der Waals surface area contributed by atoms with Gasteiger partial charge in [0.15, 0.2) is 5.96 Å². The maximum atomic E-state index is 12.0. The number of guanidine groups is 1. The summed E-state index contributed by atoms with van der Waals surface area (Å²) in [4.78, 5) is 16.2.